The molecule has 0 aliphatic rings. The van der Waals surface area contributed by atoms with E-state index in [1.165, 1.54) is 5.56 Å². The van der Waals surface area contributed by atoms with Crippen LogP contribution < -0.4 is 10.6 Å². The lowest BCUT2D eigenvalue weighted by atomic mass is 10.2. The van der Waals surface area contributed by atoms with E-state index >= 15 is 0 Å². The minimum Gasteiger partial charge on any atom is -0.382 e. The molecule has 0 saturated carbocycles. The van der Waals surface area contributed by atoms with E-state index in [0.717, 1.165) is 31.0 Å². The van der Waals surface area contributed by atoms with Gasteiger partial charge in [0.15, 0.2) is 0 Å². The van der Waals surface area contributed by atoms with E-state index in [9.17, 15) is 0 Å². The molecule has 4 nitrogen and oxygen atoms in total. The Balaban J connectivity index is 2.63. The summed E-state index contributed by atoms with van der Waals surface area (Å²) in [6.45, 7) is 11.1. The predicted octanol–water partition coefficient (Wildman–Crippen LogP) is 2.58. The van der Waals surface area contributed by atoms with Crippen LogP contribution in [0, 0.1) is 12.8 Å². The summed E-state index contributed by atoms with van der Waals surface area (Å²) in [4.78, 5) is 4.37. The molecule has 0 aromatic carbocycles. The van der Waals surface area contributed by atoms with Crippen molar-refractivity contribution in [2.75, 3.05) is 25.5 Å². The SMILES string of the molecule is COC(C)CNc1cc(C)ncc1CNCC(C)C. The Hall–Kier alpha value is -1.13. The summed E-state index contributed by atoms with van der Waals surface area (Å²) in [5, 5.41) is 6.89. The Bertz CT molecular complexity index is 380. The molecule has 0 fully saturated rings. The highest BCUT2D eigenvalue weighted by Crippen LogP contribution is 2.16. The minimum absolute atomic E-state index is 0.199. The van der Waals surface area contributed by atoms with E-state index < -0.39 is 0 Å². The fourth-order valence-corrected chi connectivity index (χ4v) is 1.73. The summed E-state index contributed by atoms with van der Waals surface area (Å²) in [6.07, 6.45) is 2.15. The van der Waals surface area contributed by atoms with E-state index in [2.05, 4.69) is 42.5 Å². The Morgan fingerprint density at radius 2 is 2.00 bits per heavy atom. The van der Waals surface area contributed by atoms with Crippen LogP contribution >= 0.6 is 0 Å². The van der Waals surface area contributed by atoms with E-state index in [4.69, 9.17) is 4.74 Å². The van der Waals surface area contributed by atoms with E-state index in [0.29, 0.717) is 5.92 Å². The van der Waals surface area contributed by atoms with E-state index in [1.54, 1.807) is 7.11 Å². The average molecular weight is 265 g/mol. The number of ether oxygens (including phenoxy) is 1. The highest BCUT2D eigenvalue weighted by molar-refractivity contribution is 5.51. The first-order chi connectivity index (χ1) is 9.02. The number of nitrogens with zero attached hydrogens (tertiary/aromatic N) is 1. The average Bonchev–Trinajstić information content (AvgIpc) is 2.37. The third-order valence-electron chi connectivity index (χ3n) is 2.97. The summed E-state index contributed by atoms with van der Waals surface area (Å²) in [5.74, 6) is 0.656. The molecule has 0 spiro atoms. The summed E-state index contributed by atoms with van der Waals surface area (Å²) in [7, 11) is 1.73. The number of methoxy groups -OCH3 is 1. The van der Waals surface area contributed by atoms with Crippen molar-refractivity contribution in [2.24, 2.45) is 5.92 Å². The number of hydrogen-bond donors (Lipinski definition) is 2. The van der Waals surface area contributed by atoms with Gasteiger partial charge in [-0.25, -0.2) is 0 Å². The fraction of sp³-hybridized carbons (Fsp3) is 0.667. The summed E-state index contributed by atoms with van der Waals surface area (Å²) in [6, 6.07) is 2.09. The second kappa shape index (κ2) is 8.12. The Labute approximate surface area is 117 Å². The van der Waals surface area contributed by atoms with Crippen LogP contribution in [0.1, 0.15) is 32.0 Å². The van der Waals surface area contributed by atoms with Gasteiger partial charge in [-0.3, -0.25) is 4.98 Å². The van der Waals surface area contributed by atoms with Gasteiger partial charge < -0.3 is 15.4 Å². The molecule has 0 aliphatic heterocycles. The van der Waals surface area contributed by atoms with Crippen molar-refractivity contribution < 1.29 is 4.74 Å². The first-order valence-corrected chi connectivity index (χ1v) is 6.95. The van der Waals surface area contributed by atoms with Crippen molar-refractivity contribution >= 4 is 5.69 Å². The Morgan fingerprint density at radius 1 is 1.26 bits per heavy atom. The van der Waals surface area contributed by atoms with Crippen LogP contribution in [-0.2, 0) is 11.3 Å². The molecule has 2 N–H and O–H groups in total. The number of nitrogens with one attached hydrogen (secondary N) is 2. The number of rotatable bonds is 8. The number of aromatic nitrogens is 1. The molecule has 1 aromatic rings. The first-order valence-electron chi connectivity index (χ1n) is 6.95. The molecule has 1 heterocycles. The number of aryl methyl sites for hydroxylation is 1. The molecule has 108 valence electrons. The molecule has 1 unspecified atom stereocenters. The zero-order valence-electron chi connectivity index (χ0n) is 12.8. The maximum atomic E-state index is 5.26. The van der Waals surface area contributed by atoms with Crippen molar-refractivity contribution in [1.82, 2.24) is 10.3 Å². The van der Waals surface area contributed by atoms with Crippen LogP contribution in [0.2, 0.25) is 0 Å². The number of pyridine rings is 1. The Kier molecular flexibility index (Phi) is 6.81. The van der Waals surface area contributed by atoms with Crippen molar-refractivity contribution in [3.05, 3.63) is 23.5 Å². The third-order valence-corrected chi connectivity index (χ3v) is 2.97. The molecular weight excluding hydrogens is 238 g/mol. The zero-order chi connectivity index (χ0) is 14.3. The molecule has 1 aromatic heterocycles. The maximum Gasteiger partial charge on any atom is 0.0715 e. The van der Waals surface area contributed by atoms with Gasteiger partial charge in [-0.15, -0.1) is 0 Å². The van der Waals surface area contributed by atoms with Crippen molar-refractivity contribution in [3.63, 3.8) is 0 Å². The molecule has 0 bridgehead atoms. The summed E-state index contributed by atoms with van der Waals surface area (Å²) >= 11 is 0. The van der Waals surface area contributed by atoms with Gasteiger partial charge in [-0.1, -0.05) is 13.8 Å². The van der Waals surface area contributed by atoms with Crippen molar-refractivity contribution in [2.45, 2.75) is 40.3 Å². The van der Waals surface area contributed by atoms with Gasteiger partial charge in [-0.05, 0) is 32.4 Å². The van der Waals surface area contributed by atoms with Crippen LogP contribution in [0.25, 0.3) is 0 Å². The van der Waals surface area contributed by atoms with Crippen molar-refractivity contribution in [1.29, 1.82) is 0 Å². The highest BCUT2D eigenvalue weighted by Gasteiger charge is 2.06. The van der Waals surface area contributed by atoms with Gasteiger partial charge >= 0.3 is 0 Å². The largest absolute Gasteiger partial charge is 0.382 e. The fourth-order valence-electron chi connectivity index (χ4n) is 1.73. The molecule has 0 radical (unpaired) electrons. The second-order valence-corrected chi connectivity index (χ2v) is 5.43. The van der Waals surface area contributed by atoms with Crippen LogP contribution in [0.3, 0.4) is 0 Å². The number of anilines is 1. The maximum absolute atomic E-state index is 5.26. The highest BCUT2D eigenvalue weighted by atomic mass is 16.5. The topological polar surface area (TPSA) is 46.2 Å². The molecular formula is C15H27N3O. The smallest absolute Gasteiger partial charge is 0.0715 e. The van der Waals surface area contributed by atoms with Gasteiger partial charge in [0.2, 0.25) is 0 Å². The predicted molar refractivity (Wildman–Crippen MR) is 80.5 cm³/mol. The molecule has 1 rings (SSSR count). The third kappa shape index (κ3) is 6.03. The lowest BCUT2D eigenvalue weighted by molar-refractivity contribution is 0.129. The molecule has 0 aliphatic carbocycles. The summed E-state index contributed by atoms with van der Waals surface area (Å²) < 4.78 is 5.26. The zero-order valence-corrected chi connectivity index (χ0v) is 12.8. The van der Waals surface area contributed by atoms with E-state index in [-0.39, 0.29) is 6.10 Å². The first kappa shape index (κ1) is 15.9. The quantitative estimate of drug-likeness (QED) is 0.758. The van der Waals surface area contributed by atoms with Crippen LogP contribution in [0.5, 0.6) is 0 Å². The monoisotopic (exact) mass is 265 g/mol. The van der Waals surface area contributed by atoms with Gasteiger partial charge in [0.05, 0.1) is 6.10 Å². The molecule has 0 saturated heterocycles. The van der Waals surface area contributed by atoms with Gasteiger partial charge in [0.25, 0.3) is 0 Å². The van der Waals surface area contributed by atoms with Gasteiger partial charge in [0.1, 0.15) is 0 Å². The van der Waals surface area contributed by atoms with Crippen molar-refractivity contribution in [3.8, 4) is 0 Å². The molecule has 19 heavy (non-hydrogen) atoms. The lowest BCUT2D eigenvalue weighted by Gasteiger charge is -2.16. The standard InChI is InChI=1S/C15H27N3O/c1-11(2)7-16-9-14-10-17-12(3)6-15(14)18-8-13(4)19-5/h6,10-11,13,16H,7-9H2,1-5H3,(H,17,18). The normalized spacial score (nSPS) is 12.7. The van der Waals surface area contributed by atoms with Gasteiger partial charge in [-0.2, -0.15) is 0 Å². The Morgan fingerprint density at radius 3 is 2.63 bits per heavy atom. The molecule has 1 atom stereocenters. The van der Waals surface area contributed by atoms with Crippen LogP contribution in [-0.4, -0.2) is 31.3 Å². The minimum atomic E-state index is 0.199. The van der Waals surface area contributed by atoms with E-state index in [1.807, 2.05) is 13.1 Å². The van der Waals surface area contributed by atoms with Crippen LogP contribution in [0.4, 0.5) is 5.69 Å². The number of hydrogen-bond acceptors (Lipinski definition) is 4. The summed E-state index contributed by atoms with van der Waals surface area (Å²) in [5.41, 5.74) is 3.38. The van der Waals surface area contributed by atoms with Gasteiger partial charge in [0, 0.05) is 43.3 Å². The molecule has 4 heteroatoms. The van der Waals surface area contributed by atoms with Crippen LogP contribution in [0.15, 0.2) is 12.3 Å². The second-order valence-electron chi connectivity index (χ2n) is 5.43. The molecule has 0 amide bonds. The lowest BCUT2D eigenvalue weighted by Crippen LogP contribution is -2.22.